The first kappa shape index (κ1) is 16.8. The highest BCUT2D eigenvalue weighted by molar-refractivity contribution is 5.46. The number of nitrogens with one attached hydrogen (secondary N) is 1. The predicted octanol–water partition coefficient (Wildman–Crippen LogP) is 2.59. The van der Waals surface area contributed by atoms with Crippen molar-refractivity contribution in [2.24, 2.45) is 5.92 Å². The highest BCUT2D eigenvalue weighted by Gasteiger charge is 2.15. The van der Waals surface area contributed by atoms with E-state index in [9.17, 15) is 5.11 Å². The van der Waals surface area contributed by atoms with Gasteiger partial charge in [0.1, 0.15) is 0 Å². The van der Waals surface area contributed by atoms with Crippen LogP contribution in [-0.4, -0.2) is 31.0 Å². The van der Waals surface area contributed by atoms with Gasteiger partial charge in [0.05, 0.1) is 13.2 Å². The molecule has 0 heterocycles. The fourth-order valence-corrected chi connectivity index (χ4v) is 1.86. The Balaban J connectivity index is 2.83. The third kappa shape index (κ3) is 4.69. The van der Waals surface area contributed by atoms with Crippen LogP contribution in [0.2, 0.25) is 0 Å². The zero-order valence-corrected chi connectivity index (χ0v) is 13.1. The number of para-hydroxylation sites is 1. The molecule has 4 heteroatoms. The summed E-state index contributed by atoms with van der Waals surface area (Å²) < 4.78 is 11.2. The standard InChI is InChI=1S/C16H27NO3/c1-11(2)20-16-14(7-6-8-15(16)19-5)9-17-13(4)12(3)10-18/h6-8,11-13,17-18H,9-10H2,1-5H3. The van der Waals surface area contributed by atoms with Crippen molar-refractivity contribution in [1.29, 1.82) is 0 Å². The first-order chi connectivity index (χ1) is 9.49. The molecule has 0 aliphatic heterocycles. The third-order valence-corrected chi connectivity index (χ3v) is 3.39. The minimum atomic E-state index is 0.0961. The smallest absolute Gasteiger partial charge is 0.166 e. The Morgan fingerprint density at radius 3 is 2.45 bits per heavy atom. The zero-order valence-electron chi connectivity index (χ0n) is 13.1. The Morgan fingerprint density at radius 1 is 1.20 bits per heavy atom. The topological polar surface area (TPSA) is 50.7 Å². The van der Waals surface area contributed by atoms with Crippen LogP contribution in [0.1, 0.15) is 33.3 Å². The van der Waals surface area contributed by atoms with Crippen molar-refractivity contribution in [2.75, 3.05) is 13.7 Å². The van der Waals surface area contributed by atoms with Crippen LogP contribution in [0.25, 0.3) is 0 Å². The lowest BCUT2D eigenvalue weighted by Crippen LogP contribution is -2.33. The molecule has 1 rings (SSSR count). The molecular weight excluding hydrogens is 254 g/mol. The van der Waals surface area contributed by atoms with E-state index in [1.807, 2.05) is 39.0 Å². The molecule has 0 spiro atoms. The van der Waals surface area contributed by atoms with Gasteiger partial charge in [-0.2, -0.15) is 0 Å². The third-order valence-electron chi connectivity index (χ3n) is 3.39. The lowest BCUT2D eigenvalue weighted by molar-refractivity contribution is 0.205. The van der Waals surface area contributed by atoms with E-state index in [1.165, 1.54) is 0 Å². The molecule has 2 atom stereocenters. The van der Waals surface area contributed by atoms with Crippen LogP contribution in [0.4, 0.5) is 0 Å². The van der Waals surface area contributed by atoms with Crippen LogP contribution in [0, 0.1) is 5.92 Å². The van der Waals surface area contributed by atoms with E-state index in [4.69, 9.17) is 9.47 Å². The van der Waals surface area contributed by atoms with Gasteiger partial charge in [0.2, 0.25) is 0 Å². The van der Waals surface area contributed by atoms with E-state index in [2.05, 4.69) is 12.2 Å². The number of aliphatic hydroxyl groups is 1. The molecule has 2 unspecified atom stereocenters. The molecule has 2 N–H and O–H groups in total. The van der Waals surface area contributed by atoms with Crippen LogP contribution in [0.3, 0.4) is 0 Å². The number of hydrogen-bond donors (Lipinski definition) is 2. The van der Waals surface area contributed by atoms with E-state index < -0.39 is 0 Å². The number of hydrogen-bond acceptors (Lipinski definition) is 4. The quantitative estimate of drug-likeness (QED) is 0.769. The van der Waals surface area contributed by atoms with E-state index in [1.54, 1.807) is 7.11 Å². The summed E-state index contributed by atoms with van der Waals surface area (Å²) in [6, 6.07) is 6.13. The molecule has 1 aromatic carbocycles. The Kier molecular flexibility index (Phi) is 6.82. The van der Waals surface area contributed by atoms with Gasteiger partial charge >= 0.3 is 0 Å². The molecule has 0 amide bonds. The number of rotatable bonds is 8. The molecule has 4 nitrogen and oxygen atoms in total. The molecule has 0 saturated carbocycles. The average Bonchev–Trinajstić information content (AvgIpc) is 2.44. The van der Waals surface area contributed by atoms with Crippen LogP contribution in [0.5, 0.6) is 11.5 Å². The van der Waals surface area contributed by atoms with Crippen molar-refractivity contribution >= 4 is 0 Å². The van der Waals surface area contributed by atoms with E-state index in [0.29, 0.717) is 6.54 Å². The number of ether oxygens (including phenoxy) is 2. The summed E-state index contributed by atoms with van der Waals surface area (Å²) in [5.74, 6) is 1.76. The highest BCUT2D eigenvalue weighted by Crippen LogP contribution is 2.32. The molecule has 0 saturated heterocycles. The fourth-order valence-electron chi connectivity index (χ4n) is 1.86. The molecule has 114 valence electrons. The van der Waals surface area contributed by atoms with Crippen LogP contribution in [0.15, 0.2) is 18.2 Å². The maximum absolute atomic E-state index is 9.17. The van der Waals surface area contributed by atoms with Crippen molar-refractivity contribution in [3.63, 3.8) is 0 Å². The second kappa shape index (κ2) is 8.12. The minimum absolute atomic E-state index is 0.0961. The molecular formula is C16H27NO3. The second-order valence-corrected chi connectivity index (χ2v) is 5.44. The van der Waals surface area contributed by atoms with Gasteiger partial charge < -0.3 is 19.9 Å². The molecule has 0 radical (unpaired) electrons. The summed E-state index contributed by atoms with van der Waals surface area (Å²) in [5.41, 5.74) is 1.06. The normalized spacial score (nSPS) is 14.2. The van der Waals surface area contributed by atoms with Crippen molar-refractivity contribution in [1.82, 2.24) is 5.32 Å². The van der Waals surface area contributed by atoms with Gasteiger partial charge in [-0.25, -0.2) is 0 Å². The van der Waals surface area contributed by atoms with Gasteiger partial charge in [-0.3, -0.25) is 0 Å². The summed E-state index contributed by atoms with van der Waals surface area (Å²) in [6.07, 6.45) is 0.0961. The predicted molar refractivity (Wildman–Crippen MR) is 81.3 cm³/mol. The second-order valence-electron chi connectivity index (χ2n) is 5.44. The lowest BCUT2D eigenvalue weighted by atomic mass is 10.0. The molecule has 0 aliphatic carbocycles. The Labute approximate surface area is 122 Å². The lowest BCUT2D eigenvalue weighted by Gasteiger charge is -2.22. The van der Waals surface area contributed by atoms with Gasteiger partial charge in [0.15, 0.2) is 11.5 Å². The molecule has 20 heavy (non-hydrogen) atoms. The van der Waals surface area contributed by atoms with Gasteiger partial charge in [-0.05, 0) is 32.8 Å². The summed E-state index contributed by atoms with van der Waals surface area (Å²) in [6.45, 7) is 8.96. The maximum Gasteiger partial charge on any atom is 0.166 e. The number of benzene rings is 1. The van der Waals surface area contributed by atoms with Gasteiger partial charge in [-0.1, -0.05) is 19.1 Å². The minimum Gasteiger partial charge on any atom is -0.493 e. The Hall–Kier alpha value is -1.26. The summed E-state index contributed by atoms with van der Waals surface area (Å²) in [7, 11) is 1.65. The molecule has 0 bridgehead atoms. The van der Waals surface area contributed by atoms with Crippen LogP contribution in [-0.2, 0) is 6.54 Å². The van der Waals surface area contributed by atoms with Crippen LogP contribution >= 0.6 is 0 Å². The summed E-state index contributed by atoms with van der Waals surface area (Å²) >= 11 is 0. The SMILES string of the molecule is COc1cccc(CNC(C)C(C)CO)c1OC(C)C. The van der Waals surface area contributed by atoms with E-state index in [0.717, 1.165) is 17.1 Å². The first-order valence-corrected chi connectivity index (χ1v) is 7.16. The largest absolute Gasteiger partial charge is 0.493 e. The Bertz CT molecular complexity index is 407. The number of aliphatic hydroxyl groups excluding tert-OH is 1. The summed E-state index contributed by atoms with van der Waals surface area (Å²) in [4.78, 5) is 0. The van der Waals surface area contributed by atoms with Gasteiger partial charge in [0.25, 0.3) is 0 Å². The molecule has 0 aromatic heterocycles. The van der Waals surface area contributed by atoms with Crippen LogP contribution < -0.4 is 14.8 Å². The Morgan fingerprint density at radius 2 is 1.90 bits per heavy atom. The van der Waals surface area contributed by atoms with Gasteiger partial charge in [0, 0.05) is 24.8 Å². The average molecular weight is 281 g/mol. The molecule has 1 aromatic rings. The van der Waals surface area contributed by atoms with Crippen molar-refractivity contribution in [3.8, 4) is 11.5 Å². The maximum atomic E-state index is 9.17. The van der Waals surface area contributed by atoms with Crippen molar-refractivity contribution in [3.05, 3.63) is 23.8 Å². The first-order valence-electron chi connectivity index (χ1n) is 7.16. The summed E-state index contributed by atoms with van der Waals surface area (Å²) in [5, 5.41) is 12.6. The van der Waals surface area contributed by atoms with E-state index >= 15 is 0 Å². The fraction of sp³-hybridized carbons (Fsp3) is 0.625. The van der Waals surface area contributed by atoms with E-state index in [-0.39, 0.29) is 24.7 Å². The zero-order chi connectivity index (χ0) is 15.1. The monoisotopic (exact) mass is 281 g/mol. The molecule has 0 fully saturated rings. The van der Waals surface area contributed by atoms with Crippen molar-refractivity contribution in [2.45, 2.75) is 46.4 Å². The number of methoxy groups -OCH3 is 1. The van der Waals surface area contributed by atoms with Gasteiger partial charge in [-0.15, -0.1) is 0 Å². The molecule has 0 aliphatic rings. The van der Waals surface area contributed by atoms with Crippen molar-refractivity contribution < 1.29 is 14.6 Å². The highest BCUT2D eigenvalue weighted by atomic mass is 16.5.